The van der Waals surface area contributed by atoms with E-state index in [1.807, 2.05) is 0 Å². The first kappa shape index (κ1) is 19.0. The number of nitrogens with zero attached hydrogens (tertiary/aromatic N) is 3. The van der Waals surface area contributed by atoms with Gasteiger partial charge in [0.15, 0.2) is 5.96 Å². The Balaban J connectivity index is 0.00000220. The molecule has 0 aromatic carbocycles. The number of hydrogen-bond acceptors (Lipinski definition) is 3. The number of unbranched alkanes of at least 4 members (excludes halogenated alkanes) is 1. The van der Waals surface area contributed by atoms with Gasteiger partial charge in [-0.25, -0.2) is 0 Å². The number of aliphatic imine (C=N–C) groups is 1. The van der Waals surface area contributed by atoms with E-state index in [0.29, 0.717) is 0 Å². The quantitative estimate of drug-likeness (QED) is 0.302. The second-order valence-corrected chi connectivity index (χ2v) is 5.88. The number of halogens is 1. The van der Waals surface area contributed by atoms with E-state index in [0.717, 1.165) is 45.0 Å². The SMILES string of the molecule is CCNC(=NCCCCN1CCCC1)N1CC[C@@H](O)C1.I. The van der Waals surface area contributed by atoms with Crippen molar-refractivity contribution in [2.75, 3.05) is 45.8 Å². The minimum Gasteiger partial charge on any atom is -0.391 e. The van der Waals surface area contributed by atoms with Gasteiger partial charge in [-0.05, 0) is 58.7 Å². The monoisotopic (exact) mass is 410 g/mol. The van der Waals surface area contributed by atoms with Crippen molar-refractivity contribution in [1.82, 2.24) is 15.1 Å². The number of β-amino-alcohol motifs (C(OH)–C–C–N with tert-alkyl or cyclic N) is 1. The molecule has 1 atom stereocenters. The molecule has 0 saturated carbocycles. The van der Waals surface area contributed by atoms with E-state index in [4.69, 9.17) is 4.99 Å². The van der Waals surface area contributed by atoms with Crippen molar-refractivity contribution in [3.63, 3.8) is 0 Å². The first-order valence-corrected chi connectivity index (χ1v) is 8.23. The summed E-state index contributed by atoms with van der Waals surface area (Å²) in [6.45, 7) is 9.32. The lowest BCUT2D eigenvalue weighted by molar-refractivity contribution is 0.188. The molecule has 0 bridgehead atoms. The van der Waals surface area contributed by atoms with Gasteiger partial charge in [0.25, 0.3) is 0 Å². The van der Waals surface area contributed by atoms with Gasteiger partial charge in [-0.1, -0.05) is 0 Å². The van der Waals surface area contributed by atoms with Gasteiger partial charge in [0.2, 0.25) is 0 Å². The Labute approximate surface area is 146 Å². The van der Waals surface area contributed by atoms with Crippen LogP contribution < -0.4 is 5.32 Å². The molecule has 0 aromatic heterocycles. The fourth-order valence-electron chi connectivity index (χ4n) is 3.00. The zero-order valence-corrected chi connectivity index (χ0v) is 15.6. The molecule has 2 aliphatic heterocycles. The van der Waals surface area contributed by atoms with Gasteiger partial charge >= 0.3 is 0 Å². The van der Waals surface area contributed by atoms with Crippen LogP contribution in [0.5, 0.6) is 0 Å². The molecule has 5 nitrogen and oxygen atoms in total. The lowest BCUT2D eigenvalue weighted by Crippen LogP contribution is -2.40. The van der Waals surface area contributed by atoms with E-state index >= 15 is 0 Å². The van der Waals surface area contributed by atoms with Crippen molar-refractivity contribution in [2.24, 2.45) is 4.99 Å². The Morgan fingerprint density at radius 2 is 2.00 bits per heavy atom. The van der Waals surface area contributed by atoms with Crippen LogP contribution >= 0.6 is 24.0 Å². The molecule has 0 unspecified atom stereocenters. The van der Waals surface area contributed by atoms with Crippen molar-refractivity contribution < 1.29 is 5.11 Å². The number of rotatable bonds is 6. The molecule has 0 radical (unpaired) electrons. The summed E-state index contributed by atoms with van der Waals surface area (Å²) in [6.07, 6.45) is 5.82. The maximum Gasteiger partial charge on any atom is 0.194 e. The molecule has 2 rings (SSSR count). The van der Waals surface area contributed by atoms with Crippen LogP contribution in [0.3, 0.4) is 0 Å². The van der Waals surface area contributed by atoms with Crippen molar-refractivity contribution in [3.05, 3.63) is 0 Å². The number of aliphatic hydroxyl groups excluding tert-OH is 1. The van der Waals surface area contributed by atoms with E-state index in [9.17, 15) is 5.11 Å². The minimum atomic E-state index is -0.186. The summed E-state index contributed by atoms with van der Waals surface area (Å²) in [5.41, 5.74) is 0. The van der Waals surface area contributed by atoms with Crippen molar-refractivity contribution in [2.45, 2.75) is 45.1 Å². The average molecular weight is 410 g/mol. The van der Waals surface area contributed by atoms with Crippen LogP contribution in [-0.2, 0) is 0 Å². The maximum atomic E-state index is 9.62. The molecule has 0 aliphatic carbocycles. The highest BCUT2D eigenvalue weighted by atomic mass is 127. The molecule has 2 saturated heterocycles. The van der Waals surface area contributed by atoms with Gasteiger partial charge in [-0.3, -0.25) is 4.99 Å². The first-order chi connectivity index (χ1) is 9.79. The zero-order chi connectivity index (χ0) is 14.2. The van der Waals surface area contributed by atoms with Crippen molar-refractivity contribution >= 4 is 29.9 Å². The Bertz CT molecular complexity index is 308. The Morgan fingerprint density at radius 1 is 1.24 bits per heavy atom. The first-order valence-electron chi connectivity index (χ1n) is 8.23. The van der Waals surface area contributed by atoms with E-state index in [-0.39, 0.29) is 30.1 Å². The summed E-state index contributed by atoms with van der Waals surface area (Å²) in [4.78, 5) is 9.43. The van der Waals surface area contributed by atoms with Crippen LogP contribution in [0.25, 0.3) is 0 Å². The van der Waals surface area contributed by atoms with Gasteiger partial charge < -0.3 is 20.2 Å². The van der Waals surface area contributed by atoms with E-state index in [1.165, 1.54) is 38.9 Å². The Morgan fingerprint density at radius 3 is 2.62 bits per heavy atom. The van der Waals surface area contributed by atoms with Crippen LogP contribution in [0, 0.1) is 0 Å². The van der Waals surface area contributed by atoms with Crippen molar-refractivity contribution in [1.29, 1.82) is 0 Å². The third kappa shape index (κ3) is 6.69. The standard InChI is InChI=1S/C15H30N4O.HI/c1-2-16-15(19-12-7-14(20)13-19)17-8-3-4-9-18-10-5-6-11-18;/h14,20H,2-13H2,1H3,(H,16,17);1H/t14-;/m1./s1. The molecule has 6 heteroatoms. The van der Waals surface area contributed by atoms with Gasteiger partial charge in [-0.15, -0.1) is 24.0 Å². The smallest absolute Gasteiger partial charge is 0.194 e. The average Bonchev–Trinajstić information content (AvgIpc) is 3.08. The third-order valence-electron chi connectivity index (χ3n) is 4.14. The molecule has 2 aliphatic rings. The number of nitrogens with one attached hydrogen (secondary N) is 1. The highest BCUT2D eigenvalue weighted by Gasteiger charge is 2.22. The topological polar surface area (TPSA) is 51.1 Å². The third-order valence-corrected chi connectivity index (χ3v) is 4.14. The van der Waals surface area contributed by atoms with Crippen LogP contribution in [0.4, 0.5) is 0 Å². The number of hydrogen-bond donors (Lipinski definition) is 2. The fraction of sp³-hybridized carbons (Fsp3) is 0.933. The molecule has 0 amide bonds. The van der Waals surface area contributed by atoms with Gasteiger partial charge in [0.05, 0.1) is 6.10 Å². The normalized spacial score (nSPS) is 23.4. The van der Waals surface area contributed by atoms with Crippen LogP contribution in [0.1, 0.15) is 39.0 Å². The molecule has 2 heterocycles. The number of guanidine groups is 1. The molecule has 124 valence electrons. The molecule has 2 fully saturated rings. The molecule has 2 N–H and O–H groups in total. The lowest BCUT2D eigenvalue weighted by Gasteiger charge is -2.21. The predicted molar refractivity (Wildman–Crippen MR) is 98.5 cm³/mol. The van der Waals surface area contributed by atoms with E-state index in [1.54, 1.807) is 0 Å². The molecule has 0 aromatic rings. The van der Waals surface area contributed by atoms with Gasteiger partial charge in [0.1, 0.15) is 0 Å². The van der Waals surface area contributed by atoms with E-state index in [2.05, 4.69) is 22.0 Å². The molecule has 21 heavy (non-hydrogen) atoms. The number of aliphatic hydroxyl groups is 1. The predicted octanol–water partition coefficient (Wildman–Crippen LogP) is 1.51. The summed E-state index contributed by atoms with van der Waals surface area (Å²) < 4.78 is 0. The molecule has 0 spiro atoms. The summed E-state index contributed by atoms with van der Waals surface area (Å²) in [7, 11) is 0. The summed E-state index contributed by atoms with van der Waals surface area (Å²) >= 11 is 0. The van der Waals surface area contributed by atoms with Gasteiger partial charge in [0, 0.05) is 26.2 Å². The molecular weight excluding hydrogens is 379 g/mol. The summed E-state index contributed by atoms with van der Waals surface area (Å²) in [5, 5.41) is 12.9. The largest absolute Gasteiger partial charge is 0.391 e. The van der Waals surface area contributed by atoms with Gasteiger partial charge in [-0.2, -0.15) is 0 Å². The minimum absolute atomic E-state index is 0. The maximum absolute atomic E-state index is 9.62. The van der Waals surface area contributed by atoms with Crippen LogP contribution in [0.2, 0.25) is 0 Å². The van der Waals surface area contributed by atoms with Crippen LogP contribution in [0.15, 0.2) is 4.99 Å². The second kappa shape index (κ2) is 10.6. The summed E-state index contributed by atoms with van der Waals surface area (Å²) in [5.74, 6) is 0.977. The van der Waals surface area contributed by atoms with Crippen LogP contribution in [-0.4, -0.2) is 72.8 Å². The zero-order valence-electron chi connectivity index (χ0n) is 13.3. The lowest BCUT2D eigenvalue weighted by atomic mass is 10.3. The highest BCUT2D eigenvalue weighted by molar-refractivity contribution is 14.0. The fourth-order valence-corrected chi connectivity index (χ4v) is 3.00. The molecular formula is C15H31IN4O. The van der Waals surface area contributed by atoms with Crippen molar-refractivity contribution in [3.8, 4) is 0 Å². The highest BCUT2D eigenvalue weighted by Crippen LogP contribution is 2.10. The number of likely N-dealkylation sites (tertiary alicyclic amines) is 2. The Kier molecular flexibility index (Phi) is 9.59. The second-order valence-electron chi connectivity index (χ2n) is 5.88. The Hall–Kier alpha value is -0.0800. The van der Waals surface area contributed by atoms with E-state index < -0.39 is 0 Å². The summed E-state index contributed by atoms with van der Waals surface area (Å²) in [6, 6.07) is 0.